The molecule has 1 saturated heterocycles. The predicted molar refractivity (Wildman–Crippen MR) is 108 cm³/mol. The fourth-order valence-electron chi connectivity index (χ4n) is 3.15. The number of esters is 1. The summed E-state index contributed by atoms with van der Waals surface area (Å²) < 4.78 is 10.3. The van der Waals surface area contributed by atoms with Crippen LogP contribution in [0.5, 0.6) is 5.75 Å². The summed E-state index contributed by atoms with van der Waals surface area (Å²) in [7, 11) is 0. The molecule has 1 aliphatic heterocycles. The molecule has 0 bridgehead atoms. The number of nitrogens with zero attached hydrogens (tertiary/aromatic N) is 2. The van der Waals surface area contributed by atoms with E-state index in [2.05, 4.69) is 5.32 Å². The first-order valence-corrected chi connectivity index (χ1v) is 9.64. The summed E-state index contributed by atoms with van der Waals surface area (Å²) in [4.78, 5) is 48.3. The number of non-ortho nitro benzene ring substituents is 1. The Morgan fingerprint density at radius 1 is 1.10 bits per heavy atom. The summed E-state index contributed by atoms with van der Waals surface area (Å²) in [5.41, 5.74) is 0.695. The van der Waals surface area contributed by atoms with Crippen molar-refractivity contribution in [1.29, 1.82) is 0 Å². The fourth-order valence-corrected chi connectivity index (χ4v) is 3.15. The molecule has 1 aliphatic rings. The van der Waals surface area contributed by atoms with Crippen molar-refractivity contribution in [2.24, 2.45) is 0 Å². The van der Waals surface area contributed by atoms with Gasteiger partial charge in [0.25, 0.3) is 5.69 Å². The Labute approximate surface area is 177 Å². The third-order valence-corrected chi connectivity index (χ3v) is 4.71. The maximum Gasteiger partial charge on any atom is 0.407 e. The zero-order chi connectivity index (χ0) is 22.2. The van der Waals surface area contributed by atoms with E-state index in [4.69, 9.17) is 9.47 Å². The van der Waals surface area contributed by atoms with Crippen molar-refractivity contribution in [3.63, 3.8) is 0 Å². The van der Waals surface area contributed by atoms with Crippen LogP contribution in [0.1, 0.15) is 18.4 Å². The number of hydrogen-bond donors (Lipinski definition) is 1. The maximum absolute atomic E-state index is 12.5. The summed E-state index contributed by atoms with van der Waals surface area (Å²) in [6.07, 6.45) is 0.307. The topological polar surface area (TPSA) is 128 Å². The molecule has 1 fully saturated rings. The second-order valence-electron chi connectivity index (χ2n) is 6.83. The highest BCUT2D eigenvalue weighted by molar-refractivity contribution is 5.88. The molecule has 0 aliphatic carbocycles. The first kappa shape index (κ1) is 21.8. The Morgan fingerprint density at radius 3 is 2.48 bits per heavy atom. The molecule has 162 valence electrons. The molecule has 0 unspecified atom stereocenters. The Balaban J connectivity index is 1.48. The maximum atomic E-state index is 12.5. The number of carbonyl (C=O) groups excluding carboxylic acids is 3. The van der Waals surface area contributed by atoms with Crippen LogP contribution in [0.25, 0.3) is 0 Å². The Bertz CT molecular complexity index is 947. The summed E-state index contributed by atoms with van der Waals surface area (Å²) in [6, 6.07) is 13.4. The standard InChI is InChI=1S/C21H21N3O7/c25-19(13-22-21(27)30-14-15-5-2-1-3-6-15)23-12-4-7-18(23)20(26)31-17-10-8-16(9-11-17)24(28)29/h1-3,5-6,8-11,18H,4,7,12-14H2,(H,22,27)/t18-/m0/s1. The molecule has 1 N–H and O–H groups in total. The van der Waals surface area contributed by atoms with Gasteiger partial charge in [0, 0.05) is 18.7 Å². The largest absolute Gasteiger partial charge is 0.445 e. The minimum absolute atomic E-state index is 0.0781. The van der Waals surface area contributed by atoms with Crippen LogP contribution in [-0.4, -0.2) is 46.9 Å². The smallest absolute Gasteiger partial charge is 0.407 e. The van der Waals surface area contributed by atoms with Crippen LogP contribution in [0, 0.1) is 10.1 Å². The van der Waals surface area contributed by atoms with Gasteiger partial charge in [-0.25, -0.2) is 9.59 Å². The van der Waals surface area contributed by atoms with Gasteiger partial charge in [0.05, 0.1) is 4.92 Å². The van der Waals surface area contributed by atoms with Crippen molar-refractivity contribution in [1.82, 2.24) is 10.2 Å². The molecular formula is C21H21N3O7. The number of rotatable bonds is 7. The Kier molecular flexibility index (Phi) is 7.15. The zero-order valence-corrected chi connectivity index (χ0v) is 16.6. The van der Waals surface area contributed by atoms with Gasteiger partial charge in [-0.3, -0.25) is 14.9 Å². The lowest BCUT2D eigenvalue weighted by atomic mass is 10.2. The van der Waals surface area contributed by atoms with E-state index in [1.165, 1.54) is 29.2 Å². The number of carbonyl (C=O) groups is 3. The van der Waals surface area contributed by atoms with Gasteiger partial charge in [-0.2, -0.15) is 0 Å². The van der Waals surface area contributed by atoms with Crippen molar-refractivity contribution < 1.29 is 28.8 Å². The number of nitro benzene ring substituents is 1. The summed E-state index contributed by atoms with van der Waals surface area (Å²) in [5.74, 6) is -0.913. The molecule has 2 aromatic rings. The van der Waals surface area contributed by atoms with Crippen LogP contribution < -0.4 is 10.1 Å². The molecule has 10 heteroatoms. The van der Waals surface area contributed by atoms with Crippen molar-refractivity contribution >= 4 is 23.7 Å². The van der Waals surface area contributed by atoms with E-state index in [0.29, 0.717) is 19.4 Å². The van der Waals surface area contributed by atoms with Crippen molar-refractivity contribution in [2.75, 3.05) is 13.1 Å². The molecule has 10 nitrogen and oxygen atoms in total. The molecule has 0 saturated carbocycles. The normalized spacial score (nSPS) is 15.2. The lowest BCUT2D eigenvalue weighted by Crippen LogP contribution is -2.46. The molecule has 1 atom stereocenters. The van der Waals surface area contributed by atoms with Crippen LogP contribution in [0.3, 0.4) is 0 Å². The minimum Gasteiger partial charge on any atom is -0.445 e. The zero-order valence-electron chi connectivity index (χ0n) is 16.6. The van der Waals surface area contributed by atoms with Crippen LogP contribution in [-0.2, 0) is 20.9 Å². The first-order chi connectivity index (χ1) is 14.9. The van der Waals surface area contributed by atoms with Gasteiger partial charge in [0.2, 0.25) is 5.91 Å². The molecule has 2 aromatic carbocycles. The molecule has 1 heterocycles. The number of likely N-dealkylation sites (tertiary alicyclic amines) is 1. The third kappa shape index (κ3) is 6.01. The predicted octanol–water partition coefficient (Wildman–Crippen LogP) is 2.42. The van der Waals surface area contributed by atoms with Crippen LogP contribution >= 0.6 is 0 Å². The second kappa shape index (κ2) is 10.2. The molecule has 0 radical (unpaired) electrons. The highest BCUT2D eigenvalue weighted by atomic mass is 16.6. The third-order valence-electron chi connectivity index (χ3n) is 4.71. The van der Waals surface area contributed by atoms with Gasteiger partial charge in [-0.05, 0) is 30.5 Å². The average Bonchev–Trinajstić information content (AvgIpc) is 3.27. The summed E-state index contributed by atoms with van der Waals surface area (Å²) >= 11 is 0. The van der Waals surface area contributed by atoms with Crippen LogP contribution in [0.4, 0.5) is 10.5 Å². The quantitative estimate of drug-likeness (QED) is 0.311. The SMILES string of the molecule is O=C(NCC(=O)N1CCC[C@H]1C(=O)Oc1ccc([N+](=O)[O-])cc1)OCc1ccccc1. The lowest BCUT2D eigenvalue weighted by molar-refractivity contribution is -0.384. The lowest BCUT2D eigenvalue weighted by Gasteiger charge is -2.23. The van der Waals surface area contributed by atoms with Crippen molar-refractivity contribution in [3.05, 3.63) is 70.3 Å². The molecule has 2 amide bonds. The van der Waals surface area contributed by atoms with E-state index in [1.54, 1.807) is 0 Å². The van der Waals surface area contributed by atoms with E-state index >= 15 is 0 Å². The number of benzene rings is 2. The van der Waals surface area contributed by atoms with E-state index < -0.39 is 28.9 Å². The molecule has 0 aromatic heterocycles. The highest BCUT2D eigenvalue weighted by Crippen LogP contribution is 2.22. The van der Waals surface area contributed by atoms with Gasteiger partial charge in [-0.1, -0.05) is 30.3 Å². The highest BCUT2D eigenvalue weighted by Gasteiger charge is 2.35. The van der Waals surface area contributed by atoms with Gasteiger partial charge in [-0.15, -0.1) is 0 Å². The average molecular weight is 427 g/mol. The number of hydrogen-bond acceptors (Lipinski definition) is 7. The molecule has 0 spiro atoms. The number of nitrogens with one attached hydrogen (secondary N) is 1. The Morgan fingerprint density at radius 2 is 1.81 bits per heavy atom. The van der Waals surface area contributed by atoms with Crippen LogP contribution in [0.2, 0.25) is 0 Å². The van der Waals surface area contributed by atoms with Gasteiger partial charge in [0.15, 0.2) is 0 Å². The number of amides is 2. The minimum atomic E-state index is -0.787. The number of ether oxygens (including phenoxy) is 2. The molecule has 31 heavy (non-hydrogen) atoms. The monoisotopic (exact) mass is 427 g/mol. The Hall–Kier alpha value is -3.95. The number of alkyl carbamates (subject to hydrolysis) is 1. The van der Waals surface area contributed by atoms with Gasteiger partial charge < -0.3 is 19.7 Å². The van der Waals surface area contributed by atoms with E-state index in [1.807, 2.05) is 30.3 Å². The second-order valence-corrected chi connectivity index (χ2v) is 6.83. The van der Waals surface area contributed by atoms with Crippen molar-refractivity contribution in [2.45, 2.75) is 25.5 Å². The van der Waals surface area contributed by atoms with E-state index in [9.17, 15) is 24.5 Å². The number of nitro groups is 1. The molecule has 3 rings (SSSR count). The summed E-state index contributed by atoms with van der Waals surface area (Å²) in [5, 5.41) is 13.1. The fraction of sp³-hybridized carbons (Fsp3) is 0.286. The van der Waals surface area contributed by atoms with Gasteiger partial charge >= 0.3 is 12.1 Å². The summed E-state index contributed by atoms with van der Waals surface area (Å²) in [6.45, 7) is 0.128. The molecular weight excluding hydrogens is 406 g/mol. The van der Waals surface area contributed by atoms with Crippen molar-refractivity contribution in [3.8, 4) is 5.75 Å². The van der Waals surface area contributed by atoms with E-state index in [0.717, 1.165) is 5.56 Å². The van der Waals surface area contributed by atoms with Crippen LogP contribution in [0.15, 0.2) is 54.6 Å². The first-order valence-electron chi connectivity index (χ1n) is 9.64. The van der Waals surface area contributed by atoms with E-state index in [-0.39, 0.29) is 24.6 Å². The van der Waals surface area contributed by atoms with Gasteiger partial charge in [0.1, 0.15) is 24.9 Å².